The molecular weight excluding hydrogens is 352 g/mol. The van der Waals surface area contributed by atoms with Crippen molar-refractivity contribution in [1.29, 1.82) is 0 Å². The number of benzene rings is 1. The van der Waals surface area contributed by atoms with Crippen molar-refractivity contribution in [2.24, 2.45) is 0 Å². The van der Waals surface area contributed by atoms with Gasteiger partial charge in [0, 0.05) is 30.6 Å². The number of hydrogen-bond donors (Lipinski definition) is 1. The number of rotatable bonds is 8. The van der Waals surface area contributed by atoms with E-state index in [2.05, 4.69) is 32.5 Å². The van der Waals surface area contributed by atoms with Crippen LogP contribution in [0.15, 0.2) is 28.6 Å². The molecule has 0 saturated carbocycles. The van der Waals surface area contributed by atoms with Gasteiger partial charge >= 0.3 is 0 Å². The van der Waals surface area contributed by atoms with Crippen LogP contribution in [0.25, 0.3) is 0 Å². The smallest absolute Gasteiger partial charge is 0.174 e. The molecular formula is C18H26N4OS2. The van der Waals surface area contributed by atoms with E-state index in [9.17, 15) is 0 Å². The highest BCUT2D eigenvalue weighted by Crippen LogP contribution is 2.24. The number of methoxy groups -OCH3 is 1. The SMILES string of the molecule is COc1ccc(N2CCC(NCCCSc3nnc(C)s3)CC2)cc1. The van der Waals surface area contributed by atoms with Crippen LogP contribution in [0.2, 0.25) is 0 Å². The molecule has 0 spiro atoms. The zero-order valence-electron chi connectivity index (χ0n) is 14.9. The van der Waals surface area contributed by atoms with Crippen molar-refractivity contribution in [2.75, 3.05) is 37.4 Å². The standard InChI is InChI=1S/C18H26N4OS2/c1-14-20-21-18(25-14)24-13-3-10-19-15-8-11-22(12-9-15)16-4-6-17(23-2)7-5-16/h4-7,15,19H,3,8-13H2,1-2H3. The van der Waals surface area contributed by atoms with Gasteiger partial charge in [0.05, 0.1) is 7.11 Å². The average Bonchev–Trinajstić information content (AvgIpc) is 3.07. The van der Waals surface area contributed by atoms with E-state index in [1.165, 1.54) is 24.9 Å². The van der Waals surface area contributed by atoms with Crippen LogP contribution < -0.4 is 15.0 Å². The highest BCUT2D eigenvalue weighted by Gasteiger charge is 2.18. The molecule has 1 N–H and O–H groups in total. The van der Waals surface area contributed by atoms with Gasteiger partial charge in [-0.2, -0.15) is 0 Å². The van der Waals surface area contributed by atoms with Gasteiger partial charge in [0.25, 0.3) is 0 Å². The van der Waals surface area contributed by atoms with Gasteiger partial charge in [-0.1, -0.05) is 23.1 Å². The summed E-state index contributed by atoms with van der Waals surface area (Å²) in [6.07, 6.45) is 3.57. The molecule has 1 saturated heterocycles. The molecule has 0 aliphatic carbocycles. The fourth-order valence-electron chi connectivity index (χ4n) is 3.01. The van der Waals surface area contributed by atoms with E-state index in [1.54, 1.807) is 18.4 Å². The number of thioether (sulfide) groups is 1. The van der Waals surface area contributed by atoms with Crippen LogP contribution in [-0.4, -0.2) is 48.7 Å². The second-order valence-electron chi connectivity index (χ2n) is 6.20. The number of nitrogens with one attached hydrogen (secondary N) is 1. The quantitative estimate of drug-likeness (QED) is 0.559. The number of aromatic nitrogens is 2. The lowest BCUT2D eigenvalue weighted by atomic mass is 10.0. The minimum absolute atomic E-state index is 0.642. The molecule has 2 heterocycles. The lowest BCUT2D eigenvalue weighted by Gasteiger charge is -2.34. The summed E-state index contributed by atoms with van der Waals surface area (Å²) in [5.74, 6) is 2.02. The Kier molecular flexibility index (Phi) is 6.95. The Labute approximate surface area is 158 Å². The molecule has 25 heavy (non-hydrogen) atoms. The summed E-state index contributed by atoms with van der Waals surface area (Å²) in [4.78, 5) is 2.46. The van der Waals surface area contributed by atoms with Crippen molar-refractivity contribution in [2.45, 2.75) is 36.6 Å². The monoisotopic (exact) mass is 378 g/mol. The highest BCUT2D eigenvalue weighted by molar-refractivity contribution is 8.01. The van der Waals surface area contributed by atoms with Crippen LogP contribution in [0, 0.1) is 6.92 Å². The molecule has 7 heteroatoms. The van der Waals surface area contributed by atoms with Gasteiger partial charge in [0.15, 0.2) is 4.34 Å². The predicted octanol–water partition coefficient (Wildman–Crippen LogP) is 3.60. The fourth-order valence-corrected chi connectivity index (χ4v) is 4.83. The molecule has 5 nitrogen and oxygen atoms in total. The average molecular weight is 379 g/mol. The third-order valence-electron chi connectivity index (χ3n) is 4.42. The van der Waals surface area contributed by atoms with Crippen LogP contribution in [-0.2, 0) is 0 Å². The predicted molar refractivity (Wildman–Crippen MR) is 106 cm³/mol. The van der Waals surface area contributed by atoms with E-state index in [-0.39, 0.29) is 0 Å². The largest absolute Gasteiger partial charge is 0.497 e. The third-order valence-corrected chi connectivity index (χ3v) is 6.48. The van der Waals surface area contributed by atoms with Crippen molar-refractivity contribution in [3.8, 4) is 5.75 Å². The third kappa shape index (κ3) is 5.59. The first-order valence-electron chi connectivity index (χ1n) is 8.80. The molecule has 0 radical (unpaired) electrons. The number of nitrogens with zero attached hydrogens (tertiary/aromatic N) is 3. The van der Waals surface area contributed by atoms with Gasteiger partial charge in [-0.25, -0.2) is 0 Å². The van der Waals surface area contributed by atoms with Crippen LogP contribution in [0.4, 0.5) is 5.69 Å². The number of anilines is 1. The van der Waals surface area contributed by atoms with Crippen molar-refractivity contribution < 1.29 is 4.74 Å². The first-order chi connectivity index (χ1) is 12.2. The second-order valence-corrected chi connectivity index (χ2v) is 8.73. The van der Waals surface area contributed by atoms with Crippen LogP contribution in [0.5, 0.6) is 5.75 Å². The van der Waals surface area contributed by atoms with E-state index in [1.807, 2.05) is 30.8 Å². The van der Waals surface area contributed by atoms with Crippen molar-refractivity contribution in [1.82, 2.24) is 15.5 Å². The van der Waals surface area contributed by atoms with E-state index in [4.69, 9.17) is 4.74 Å². The highest BCUT2D eigenvalue weighted by atomic mass is 32.2. The summed E-state index contributed by atoms with van der Waals surface area (Å²) < 4.78 is 6.32. The molecule has 1 aliphatic heterocycles. The minimum atomic E-state index is 0.642. The Morgan fingerprint density at radius 1 is 1.24 bits per heavy atom. The van der Waals surface area contributed by atoms with Gasteiger partial charge in [-0.3, -0.25) is 0 Å². The van der Waals surface area contributed by atoms with Gasteiger partial charge in [0.1, 0.15) is 10.8 Å². The molecule has 136 valence electrons. The van der Waals surface area contributed by atoms with Gasteiger partial charge in [0.2, 0.25) is 0 Å². The minimum Gasteiger partial charge on any atom is -0.497 e. The maximum absolute atomic E-state index is 5.23. The first kappa shape index (κ1) is 18.5. The van der Waals surface area contributed by atoms with Crippen LogP contribution >= 0.6 is 23.1 Å². The van der Waals surface area contributed by atoms with Crippen molar-refractivity contribution in [3.05, 3.63) is 29.3 Å². The van der Waals surface area contributed by atoms with E-state index in [0.29, 0.717) is 6.04 Å². The summed E-state index contributed by atoms with van der Waals surface area (Å²) in [5, 5.41) is 13.0. The zero-order valence-corrected chi connectivity index (χ0v) is 16.5. The molecule has 1 aromatic carbocycles. The number of aryl methyl sites for hydroxylation is 1. The molecule has 2 aromatic rings. The van der Waals surface area contributed by atoms with Crippen LogP contribution in [0.1, 0.15) is 24.3 Å². The topological polar surface area (TPSA) is 50.3 Å². The Bertz CT molecular complexity index is 639. The number of piperidine rings is 1. The summed E-state index contributed by atoms with van der Waals surface area (Å²) in [7, 11) is 1.71. The lowest BCUT2D eigenvalue weighted by molar-refractivity contribution is 0.412. The Balaban J connectivity index is 1.31. The summed E-state index contributed by atoms with van der Waals surface area (Å²) in [5.41, 5.74) is 1.29. The molecule has 1 fully saturated rings. The fraction of sp³-hybridized carbons (Fsp3) is 0.556. The lowest BCUT2D eigenvalue weighted by Crippen LogP contribution is -2.42. The molecule has 0 bridgehead atoms. The van der Waals surface area contributed by atoms with Crippen molar-refractivity contribution >= 4 is 28.8 Å². The van der Waals surface area contributed by atoms with E-state index < -0.39 is 0 Å². The molecule has 0 unspecified atom stereocenters. The zero-order chi connectivity index (χ0) is 17.5. The normalized spacial score (nSPS) is 15.5. The van der Waals surface area contributed by atoms with Gasteiger partial charge in [-0.15, -0.1) is 10.2 Å². The number of hydrogen-bond acceptors (Lipinski definition) is 7. The second kappa shape index (κ2) is 9.40. The van der Waals surface area contributed by atoms with Crippen molar-refractivity contribution in [3.63, 3.8) is 0 Å². The van der Waals surface area contributed by atoms with E-state index >= 15 is 0 Å². The molecule has 1 aliphatic rings. The van der Waals surface area contributed by atoms with Crippen LogP contribution in [0.3, 0.4) is 0 Å². The number of ether oxygens (including phenoxy) is 1. The summed E-state index contributed by atoms with van der Waals surface area (Å²) >= 11 is 3.50. The molecule has 1 aromatic heterocycles. The summed E-state index contributed by atoms with van der Waals surface area (Å²) in [6, 6.07) is 9.02. The Morgan fingerprint density at radius 2 is 2.00 bits per heavy atom. The molecule has 3 rings (SSSR count). The first-order valence-corrected chi connectivity index (χ1v) is 10.6. The Morgan fingerprint density at radius 3 is 2.64 bits per heavy atom. The van der Waals surface area contributed by atoms with Gasteiger partial charge in [-0.05, 0) is 57.0 Å². The maximum Gasteiger partial charge on any atom is 0.174 e. The molecule has 0 amide bonds. The molecule has 0 atom stereocenters. The maximum atomic E-state index is 5.23. The summed E-state index contributed by atoms with van der Waals surface area (Å²) in [6.45, 7) is 5.31. The van der Waals surface area contributed by atoms with E-state index in [0.717, 1.165) is 40.5 Å². The van der Waals surface area contributed by atoms with Gasteiger partial charge < -0.3 is 15.0 Å². The Hall–Kier alpha value is -1.31.